The smallest absolute Gasteiger partial charge is 0.317 e. The topological polar surface area (TPSA) is 52.6 Å². The number of hydrogen-bond donors (Lipinski definition) is 2. The lowest BCUT2D eigenvalue weighted by molar-refractivity contribution is 0.118. The summed E-state index contributed by atoms with van der Waals surface area (Å²) < 4.78 is 0. The molecule has 1 aromatic rings. The molecule has 1 aromatic carbocycles. The van der Waals surface area contributed by atoms with Gasteiger partial charge in [0.25, 0.3) is 0 Å². The average Bonchev–Trinajstić information content (AvgIpc) is 3.23. The summed E-state index contributed by atoms with van der Waals surface area (Å²) in [6, 6.07) is 7.80. The highest BCUT2D eigenvalue weighted by atomic mass is 35.5. The Bertz CT molecular complexity index is 527. The molecule has 1 aliphatic carbocycles. The van der Waals surface area contributed by atoms with Crippen molar-refractivity contribution in [1.82, 2.24) is 10.2 Å². The summed E-state index contributed by atoms with van der Waals surface area (Å²) >= 11 is 6.07. The number of amides is 2. The van der Waals surface area contributed by atoms with Gasteiger partial charge in [0.05, 0.1) is 6.10 Å². The molecule has 1 atom stereocenters. The van der Waals surface area contributed by atoms with Crippen molar-refractivity contribution in [1.29, 1.82) is 0 Å². The molecule has 1 fully saturated rings. The standard InChI is InChI=1S/C17H25ClN2O2/c1-12(2)20(10-13(3)21)16(22)19-11-17(7-8-17)14-5-4-6-15(18)9-14/h4-6,9,12-13,21H,7-8,10-11H2,1-3H3,(H,19,22). The van der Waals surface area contributed by atoms with Gasteiger partial charge in [-0.25, -0.2) is 4.79 Å². The highest BCUT2D eigenvalue weighted by Gasteiger charge is 2.44. The van der Waals surface area contributed by atoms with Gasteiger partial charge in [-0.3, -0.25) is 0 Å². The molecule has 1 aliphatic rings. The first-order valence-electron chi connectivity index (χ1n) is 7.83. The molecule has 2 amide bonds. The second kappa shape index (κ2) is 6.88. The van der Waals surface area contributed by atoms with Crippen molar-refractivity contribution in [2.24, 2.45) is 0 Å². The molecule has 0 heterocycles. The van der Waals surface area contributed by atoms with Crippen molar-refractivity contribution >= 4 is 17.6 Å². The van der Waals surface area contributed by atoms with E-state index in [2.05, 4.69) is 11.4 Å². The monoisotopic (exact) mass is 324 g/mol. The maximum absolute atomic E-state index is 12.4. The van der Waals surface area contributed by atoms with Crippen molar-refractivity contribution in [2.45, 2.75) is 51.2 Å². The zero-order valence-electron chi connectivity index (χ0n) is 13.5. The Morgan fingerprint density at radius 2 is 2.09 bits per heavy atom. The highest BCUT2D eigenvalue weighted by Crippen LogP contribution is 2.48. The van der Waals surface area contributed by atoms with Crippen LogP contribution in [0.25, 0.3) is 0 Å². The Kier molecular flexibility index (Phi) is 5.35. The third-order valence-corrected chi connectivity index (χ3v) is 4.45. The summed E-state index contributed by atoms with van der Waals surface area (Å²) in [5.74, 6) is 0. The van der Waals surface area contributed by atoms with Crippen LogP contribution in [0.5, 0.6) is 0 Å². The SMILES string of the molecule is CC(O)CN(C(=O)NCC1(c2cccc(Cl)c2)CC1)C(C)C. The molecule has 0 bridgehead atoms. The quantitative estimate of drug-likeness (QED) is 0.844. The summed E-state index contributed by atoms with van der Waals surface area (Å²) in [7, 11) is 0. The van der Waals surface area contributed by atoms with Crippen molar-refractivity contribution in [3.63, 3.8) is 0 Å². The molecule has 4 nitrogen and oxygen atoms in total. The number of carbonyl (C=O) groups is 1. The van der Waals surface area contributed by atoms with Crippen LogP contribution >= 0.6 is 11.6 Å². The van der Waals surface area contributed by atoms with Gasteiger partial charge < -0.3 is 15.3 Å². The number of aliphatic hydroxyl groups is 1. The summed E-state index contributed by atoms with van der Waals surface area (Å²) in [5.41, 5.74) is 1.21. The van der Waals surface area contributed by atoms with E-state index in [-0.39, 0.29) is 17.5 Å². The van der Waals surface area contributed by atoms with E-state index in [9.17, 15) is 9.90 Å². The summed E-state index contributed by atoms with van der Waals surface area (Å²) in [6.45, 7) is 6.54. The van der Waals surface area contributed by atoms with Gasteiger partial charge in [0.1, 0.15) is 0 Å². The van der Waals surface area contributed by atoms with Crippen LogP contribution in [-0.2, 0) is 5.41 Å². The van der Waals surface area contributed by atoms with Gasteiger partial charge in [-0.15, -0.1) is 0 Å². The zero-order chi connectivity index (χ0) is 16.3. The number of aliphatic hydroxyl groups excluding tert-OH is 1. The molecule has 1 unspecified atom stereocenters. The fourth-order valence-corrected chi connectivity index (χ4v) is 2.89. The second-order valence-electron chi connectivity index (χ2n) is 6.54. The van der Waals surface area contributed by atoms with Gasteiger partial charge >= 0.3 is 6.03 Å². The van der Waals surface area contributed by atoms with Gasteiger partial charge in [0, 0.05) is 29.6 Å². The van der Waals surface area contributed by atoms with E-state index >= 15 is 0 Å². The first-order valence-corrected chi connectivity index (χ1v) is 8.20. The number of benzene rings is 1. The number of nitrogens with one attached hydrogen (secondary N) is 1. The van der Waals surface area contributed by atoms with Crippen LogP contribution in [0, 0.1) is 0 Å². The van der Waals surface area contributed by atoms with E-state index in [1.807, 2.05) is 32.0 Å². The van der Waals surface area contributed by atoms with Crippen molar-refractivity contribution in [2.75, 3.05) is 13.1 Å². The van der Waals surface area contributed by atoms with Crippen molar-refractivity contribution < 1.29 is 9.90 Å². The lowest BCUT2D eigenvalue weighted by Gasteiger charge is -2.29. The molecule has 2 N–H and O–H groups in total. The van der Waals surface area contributed by atoms with E-state index in [0.717, 1.165) is 17.9 Å². The molecule has 0 spiro atoms. The predicted octanol–water partition coefficient (Wildman–Crippen LogP) is 3.17. The van der Waals surface area contributed by atoms with Crippen LogP contribution in [-0.4, -0.2) is 41.3 Å². The molecule has 22 heavy (non-hydrogen) atoms. The molecule has 0 saturated heterocycles. The maximum atomic E-state index is 12.4. The Hall–Kier alpha value is -1.26. The lowest BCUT2D eigenvalue weighted by Crippen LogP contribution is -2.48. The van der Waals surface area contributed by atoms with E-state index in [1.165, 1.54) is 5.56 Å². The minimum atomic E-state index is -0.532. The normalized spacial score (nSPS) is 17.2. The third-order valence-electron chi connectivity index (χ3n) is 4.21. The Morgan fingerprint density at radius 1 is 1.41 bits per heavy atom. The van der Waals surface area contributed by atoms with Crippen LogP contribution in [0.1, 0.15) is 39.2 Å². The highest BCUT2D eigenvalue weighted by molar-refractivity contribution is 6.30. The summed E-state index contributed by atoms with van der Waals surface area (Å²) in [6.07, 6.45) is 1.59. The number of carbonyl (C=O) groups excluding carboxylic acids is 1. The van der Waals surface area contributed by atoms with E-state index in [1.54, 1.807) is 11.8 Å². The zero-order valence-corrected chi connectivity index (χ0v) is 14.2. The lowest BCUT2D eigenvalue weighted by atomic mass is 9.96. The molecule has 0 radical (unpaired) electrons. The molecule has 5 heteroatoms. The molecule has 2 rings (SSSR count). The molecule has 0 aliphatic heterocycles. The molecule has 0 aromatic heterocycles. The molecular weight excluding hydrogens is 300 g/mol. The van der Waals surface area contributed by atoms with Crippen LogP contribution in [0.3, 0.4) is 0 Å². The van der Waals surface area contributed by atoms with Crippen molar-refractivity contribution in [3.8, 4) is 0 Å². The van der Waals surface area contributed by atoms with Crippen LogP contribution in [0.15, 0.2) is 24.3 Å². The van der Waals surface area contributed by atoms with Crippen LogP contribution in [0.4, 0.5) is 4.79 Å². The number of hydrogen-bond acceptors (Lipinski definition) is 2. The fourth-order valence-electron chi connectivity index (χ4n) is 2.70. The van der Waals surface area contributed by atoms with E-state index in [4.69, 9.17) is 11.6 Å². The minimum absolute atomic E-state index is 0.0219. The van der Waals surface area contributed by atoms with E-state index in [0.29, 0.717) is 13.1 Å². The molecule has 122 valence electrons. The largest absolute Gasteiger partial charge is 0.392 e. The van der Waals surface area contributed by atoms with Gasteiger partial charge in [0.15, 0.2) is 0 Å². The maximum Gasteiger partial charge on any atom is 0.317 e. The van der Waals surface area contributed by atoms with Gasteiger partial charge in [-0.1, -0.05) is 23.7 Å². The third kappa shape index (κ3) is 4.14. The summed E-state index contributed by atoms with van der Waals surface area (Å²) in [4.78, 5) is 14.0. The molecule has 1 saturated carbocycles. The first-order chi connectivity index (χ1) is 10.3. The van der Waals surface area contributed by atoms with Crippen molar-refractivity contribution in [3.05, 3.63) is 34.9 Å². The van der Waals surface area contributed by atoms with E-state index < -0.39 is 6.10 Å². The number of nitrogens with zero attached hydrogens (tertiary/aromatic N) is 1. The Morgan fingerprint density at radius 3 is 2.59 bits per heavy atom. The van der Waals surface area contributed by atoms with Crippen LogP contribution in [0.2, 0.25) is 5.02 Å². The Labute approximate surface area is 137 Å². The molecular formula is C17H25ClN2O2. The minimum Gasteiger partial charge on any atom is -0.392 e. The predicted molar refractivity (Wildman–Crippen MR) is 89.3 cm³/mol. The van der Waals surface area contributed by atoms with Gasteiger partial charge in [-0.05, 0) is 51.3 Å². The average molecular weight is 325 g/mol. The number of urea groups is 1. The van der Waals surface area contributed by atoms with Gasteiger partial charge in [0.2, 0.25) is 0 Å². The fraction of sp³-hybridized carbons (Fsp3) is 0.588. The second-order valence-corrected chi connectivity index (χ2v) is 6.98. The van der Waals surface area contributed by atoms with Gasteiger partial charge in [-0.2, -0.15) is 0 Å². The summed E-state index contributed by atoms with van der Waals surface area (Å²) in [5, 5.41) is 13.3. The first kappa shape index (κ1) is 17.1. The van der Waals surface area contributed by atoms with Crippen LogP contribution < -0.4 is 5.32 Å². The number of rotatable bonds is 6. The Balaban J connectivity index is 1.98. The number of halogens is 1.